The molecule has 16 heavy (non-hydrogen) atoms. The predicted octanol–water partition coefficient (Wildman–Crippen LogP) is 0.0539. The first-order valence-corrected chi connectivity index (χ1v) is 6.42. The molecule has 4 heteroatoms. The van der Waals surface area contributed by atoms with Crippen molar-refractivity contribution in [2.24, 2.45) is 11.8 Å². The summed E-state index contributed by atoms with van der Waals surface area (Å²) in [6, 6.07) is 0. The second kappa shape index (κ2) is 5.64. The molecule has 0 aliphatic carbocycles. The number of nitrogens with zero attached hydrogens (tertiary/aromatic N) is 1. The highest BCUT2D eigenvalue weighted by Gasteiger charge is 2.23. The largest absolute Gasteiger partial charge is 0.356 e. The minimum Gasteiger partial charge on any atom is -0.356 e. The third-order valence-corrected chi connectivity index (χ3v) is 3.83. The van der Waals surface area contributed by atoms with Crippen molar-refractivity contribution in [1.82, 2.24) is 15.5 Å². The molecule has 92 valence electrons. The molecule has 1 atom stereocenters. The number of hydrogen-bond donors (Lipinski definition) is 2. The number of carbonyl (C=O) groups is 1. The fourth-order valence-electron chi connectivity index (χ4n) is 2.53. The van der Waals surface area contributed by atoms with Crippen molar-refractivity contribution >= 4 is 5.91 Å². The van der Waals surface area contributed by atoms with E-state index >= 15 is 0 Å². The second-order valence-corrected chi connectivity index (χ2v) is 5.18. The number of hydrogen-bond acceptors (Lipinski definition) is 3. The van der Waals surface area contributed by atoms with Crippen molar-refractivity contribution in [1.29, 1.82) is 0 Å². The Hall–Kier alpha value is -0.610. The van der Waals surface area contributed by atoms with Gasteiger partial charge in [0.2, 0.25) is 5.91 Å². The van der Waals surface area contributed by atoms with E-state index in [1.165, 1.54) is 25.9 Å². The van der Waals surface area contributed by atoms with E-state index in [2.05, 4.69) is 22.6 Å². The number of piperidine rings is 1. The van der Waals surface area contributed by atoms with Crippen LogP contribution in [0.4, 0.5) is 0 Å². The van der Waals surface area contributed by atoms with Gasteiger partial charge in [-0.25, -0.2) is 0 Å². The molecule has 0 spiro atoms. The topological polar surface area (TPSA) is 44.4 Å². The summed E-state index contributed by atoms with van der Waals surface area (Å²) in [6.07, 6.45) is 3.44. The van der Waals surface area contributed by atoms with Crippen LogP contribution in [0.2, 0.25) is 0 Å². The highest BCUT2D eigenvalue weighted by molar-refractivity contribution is 5.79. The molecule has 2 N–H and O–H groups in total. The molecule has 0 bridgehead atoms. The van der Waals surface area contributed by atoms with Gasteiger partial charge in [0.25, 0.3) is 0 Å². The SMILES string of the molecule is CN1CCC(CNC(=O)[C@@H]2CCNC2)CC1. The molecular formula is C12H23N3O. The van der Waals surface area contributed by atoms with E-state index in [0.29, 0.717) is 5.92 Å². The van der Waals surface area contributed by atoms with Crippen LogP contribution >= 0.6 is 0 Å². The third-order valence-electron chi connectivity index (χ3n) is 3.83. The zero-order valence-electron chi connectivity index (χ0n) is 10.2. The number of carbonyl (C=O) groups excluding carboxylic acids is 1. The summed E-state index contributed by atoms with van der Waals surface area (Å²) in [5.74, 6) is 1.16. The highest BCUT2D eigenvalue weighted by atomic mass is 16.1. The van der Waals surface area contributed by atoms with Crippen molar-refractivity contribution in [2.75, 3.05) is 39.8 Å². The molecule has 0 aromatic carbocycles. The molecule has 2 rings (SSSR count). The van der Waals surface area contributed by atoms with E-state index in [0.717, 1.165) is 26.1 Å². The summed E-state index contributed by atoms with van der Waals surface area (Å²) in [6.45, 7) is 5.08. The number of nitrogens with one attached hydrogen (secondary N) is 2. The van der Waals surface area contributed by atoms with Crippen LogP contribution in [0.5, 0.6) is 0 Å². The highest BCUT2D eigenvalue weighted by Crippen LogP contribution is 2.15. The summed E-state index contributed by atoms with van der Waals surface area (Å²) >= 11 is 0. The predicted molar refractivity (Wildman–Crippen MR) is 64.2 cm³/mol. The quantitative estimate of drug-likeness (QED) is 0.713. The smallest absolute Gasteiger partial charge is 0.224 e. The lowest BCUT2D eigenvalue weighted by Crippen LogP contribution is -2.39. The van der Waals surface area contributed by atoms with Gasteiger partial charge in [0.05, 0.1) is 5.92 Å². The Morgan fingerprint density at radius 2 is 2.12 bits per heavy atom. The zero-order chi connectivity index (χ0) is 11.4. The molecule has 2 aliphatic rings. The summed E-state index contributed by atoms with van der Waals surface area (Å²) in [5.41, 5.74) is 0. The van der Waals surface area contributed by atoms with Crippen LogP contribution in [-0.4, -0.2) is 50.6 Å². The van der Waals surface area contributed by atoms with Gasteiger partial charge < -0.3 is 15.5 Å². The molecule has 4 nitrogen and oxygen atoms in total. The number of likely N-dealkylation sites (tertiary alicyclic amines) is 1. The summed E-state index contributed by atoms with van der Waals surface area (Å²) in [7, 11) is 2.17. The minimum absolute atomic E-state index is 0.214. The van der Waals surface area contributed by atoms with E-state index in [9.17, 15) is 4.79 Å². The van der Waals surface area contributed by atoms with Crippen molar-refractivity contribution in [2.45, 2.75) is 19.3 Å². The van der Waals surface area contributed by atoms with Crippen LogP contribution in [-0.2, 0) is 4.79 Å². The monoisotopic (exact) mass is 225 g/mol. The lowest BCUT2D eigenvalue weighted by Gasteiger charge is -2.29. The third kappa shape index (κ3) is 3.19. The molecule has 2 saturated heterocycles. The van der Waals surface area contributed by atoms with Gasteiger partial charge in [-0.15, -0.1) is 0 Å². The Balaban J connectivity index is 1.65. The average Bonchev–Trinajstić information content (AvgIpc) is 2.81. The summed E-state index contributed by atoms with van der Waals surface area (Å²) in [4.78, 5) is 14.2. The second-order valence-electron chi connectivity index (χ2n) is 5.18. The summed E-state index contributed by atoms with van der Waals surface area (Å²) in [5, 5.41) is 6.34. The van der Waals surface area contributed by atoms with Crippen molar-refractivity contribution in [3.63, 3.8) is 0 Å². The fraction of sp³-hybridized carbons (Fsp3) is 0.917. The first-order valence-electron chi connectivity index (χ1n) is 6.42. The number of amides is 1. The first kappa shape index (κ1) is 11.9. The van der Waals surface area contributed by atoms with Gasteiger partial charge in [-0.05, 0) is 51.9 Å². The van der Waals surface area contributed by atoms with Gasteiger partial charge in [0.15, 0.2) is 0 Å². The van der Waals surface area contributed by atoms with Crippen molar-refractivity contribution < 1.29 is 4.79 Å². The van der Waals surface area contributed by atoms with E-state index in [-0.39, 0.29) is 11.8 Å². The molecule has 1 amide bonds. The maximum Gasteiger partial charge on any atom is 0.224 e. The van der Waals surface area contributed by atoms with Crippen LogP contribution in [0.25, 0.3) is 0 Å². The van der Waals surface area contributed by atoms with E-state index in [1.54, 1.807) is 0 Å². The first-order chi connectivity index (χ1) is 7.75. The maximum absolute atomic E-state index is 11.8. The van der Waals surface area contributed by atoms with Gasteiger partial charge in [0, 0.05) is 13.1 Å². The van der Waals surface area contributed by atoms with Gasteiger partial charge in [-0.2, -0.15) is 0 Å². The molecule has 0 unspecified atom stereocenters. The van der Waals surface area contributed by atoms with Crippen molar-refractivity contribution in [3.05, 3.63) is 0 Å². The van der Waals surface area contributed by atoms with Gasteiger partial charge in [0.1, 0.15) is 0 Å². The van der Waals surface area contributed by atoms with Gasteiger partial charge in [-0.1, -0.05) is 0 Å². The van der Waals surface area contributed by atoms with Crippen LogP contribution in [0.1, 0.15) is 19.3 Å². The normalized spacial score (nSPS) is 28.2. The lowest BCUT2D eigenvalue weighted by molar-refractivity contribution is -0.124. The van der Waals surface area contributed by atoms with Crippen LogP contribution < -0.4 is 10.6 Å². The minimum atomic E-state index is 0.214. The summed E-state index contributed by atoms with van der Waals surface area (Å²) < 4.78 is 0. The molecular weight excluding hydrogens is 202 g/mol. The standard InChI is InChI=1S/C12H23N3O/c1-15-6-3-10(4-7-15)8-14-12(16)11-2-5-13-9-11/h10-11,13H,2-9H2,1H3,(H,14,16)/t11-/m1/s1. The Bertz CT molecular complexity index is 230. The Morgan fingerprint density at radius 1 is 1.38 bits per heavy atom. The average molecular weight is 225 g/mol. The molecule has 2 aliphatic heterocycles. The molecule has 2 heterocycles. The van der Waals surface area contributed by atoms with Crippen LogP contribution in [0, 0.1) is 11.8 Å². The zero-order valence-corrected chi connectivity index (χ0v) is 10.2. The Kier molecular flexibility index (Phi) is 4.18. The van der Waals surface area contributed by atoms with E-state index in [1.807, 2.05) is 0 Å². The van der Waals surface area contributed by atoms with E-state index < -0.39 is 0 Å². The Labute approximate surface area is 97.8 Å². The maximum atomic E-state index is 11.8. The molecule has 0 aromatic heterocycles. The van der Waals surface area contributed by atoms with Crippen molar-refractivity contribution in [3.8, 4) is 0 Å². The van der Waals surface area contributed by atoms with E-state index in [4.69, 9.17) is 0 Å². The molecule has 0 radical (unpaired) electrons. The molecule has 0 saturated carbocycles. The molecule has 0 aromatic rings. The lowest BCUT2D eigenvalue weighted by atomic mass is 9.97. The number of rotatable bonds is 3. The van der Waals surface area contributed by atoms with Gasteiger partial charge >= 0.3 is 0 Å². The van der Waals surface area contributed by atoms with Gasteiger partial charge in [-0.3, -0.25) is 4.79 Å². The Morgan fingerprint density at radius 3 is 2.75 bits per heavy atom. The van der Waals surface area contributed by atoms with Crippen LogP contribution in [0.3, 0.4) is 0 Å². The van der Waals surface area contributed by atoms with Crippen LogP contribution in [0.15, 0.2) is 0 Å². The fourth-order valence-corrected chi connectivity index (χ4v) is 2.53. The molecule has 2 fully saturated rings.